The largest absolute Gasteiger partial charge is 0.387 e. The van der Waals surface area contributed by atoms with Crippen molar-refractivity contribution < 1.29 is 10.0 Å². The van der Waals surface area contributed by atoms with Gasteiger partial charge in [-0.3, -0.25) is 10.1 Å². The van der Waals surface area contributed by atoms with Gasteiger partial charge >= 0.3 is 0 Å². The molecule has 0 spiro atoms. The molecule has 1 aromatic carbocycles. The highest BCUT2D eigenvalue weighted by atomic mass is 16.6. The summed E-state index contributed by atoms with van der Waals surface area (Å²) >= 11 is 0. The fourth-order valence-electron chi connectivity index (χ4n) is 1.92. The van der Waals surface area contributed by atoms with Crippen LogP contribution in [0.15, 0.2) is 18.2 Å². The van der Waals surface area contributed by atoms with E-state index in [0.29, 0.717) is 6.54 Å². The van der Waals surface area contributed by atoms with Crippen LogP contribution >= 0.6 is 0 Å². The summed E-state index contributed by atoms with van der Waals surface area (Å²) in [5.74, 6) is 0. The van der Waals surface area contributed by atoms with Crippen LogP contribution in [0.4, 0.5) is 11.4 Å². The molecule has 1 atom stereocenters. The summed E-state index contributed by atoms with van der Waals surface area (Å²) in [5.41, 5.74) is -0.689. The van der Waals surface area contributed by atoms with Crippen LogP contribution in [0.5, 0.6) is 0 Å². The maximum Gasteiger partial charge on any atom is 0.293 e. The molecule has 0 bridgehead atoms. The summed E-state index contributed by atoms with van der Waals surface area (Å²) in [6.07, 6.45) is 0. The Balaban J connectivity index is 2.88. The molecule has 0 radical (unpaired) electrons. The van der Waals surface area contributed by atoms with Crippen LogP contribution in [0, 0.1) is 21.4 Å². The van der Waals surface area contributed by atoms with Gasteiger partial charge in [-0.15, -0.1) is 0 Å². The highest BCUT2D eigenvalue weighted by molar-refractivity contribution is 5.64. The van der Waals surface area contributed by atoms with Crippen molar-refractivity contribution in [1.82, 2.24) is 4.90 Å². The number of nitro benzene ring substituents is 1. The second-order valence-electron chi connectivity index (χ2n) is 5.19. The third-order valence-electron chi connectivity index (χ3n) is 2.64. The smallest absolute Gasteiger partial charge is 0.293 e. The van der Waals surface area contributed by atoms with Crippen LogP contribution in [0.3, 0.4) is 0 Å². The molecule has 0 aromatic heterocycles. The van der Waals surface area contributed by atoms with E-state index >= 15 is 0 Å². The monoisotopic (exact) mass is 278 g/mol. The molecule has 20 heavy (non-hydrogen) atoms. The summed E-state index contributed by atoms with van der Waals surface area (Å²) in [7, 11) is 3.66. The van der Waals surface area contributed by atoms with Gasteiger partial charge in [0, 0.05) is 19.2 Å². The van der Waals surface area contributed by atoms with Crippen molar-refractivity contribution in [3.05, 3.63) is 33.9 Å². The Morgan fingerprint density at radius 1 is 1.55 bits per heavy atom. The molecular formula is C13H18N4O3. The lowest BCUT2D eigenvalue weighted by molar-refractivity contribution is -0.384. The molecule has 2 N–H and O–H groups in total. The van der Waals surface area contributed by atoms with Crippen molar-refractivity contribution in [3.63, 3.8) is 0 Å². The molecule has 0 heterocycles. The van der Waals surface area contributed by atoms with Crippen LogP contribution in [-0.4, -0.2) is 47.7 Å². The van der Waals surface area contributed by atoms with Crippen LogP contribution in [-0.2, 0) is 0 Å². The molecule has 0 saturated carbocycles. The number of nitrogens with zero attached hydrogens (tertiary/aromatic N) is 3. The Hall–Kier alpha value is -2.17. The summed E-state index contributed by atoms with van der Waals surface area (Å²) < 4.78 is 0. The quantitative estimate of drug-likeness (QED) is 0.598. The van der Waals surface area contributed by atoms with E-state index in [9.17, 15) is 15.2 Å². The number of nitriles is 1. The van der Waals surface area contributed by atoms with E-state index < -0.39 is 10.5 Å². The van der Waals surface area contributed by atoms with Gasteiger partial charge in [-0.2, -0.15) is 5.26 Å². The number of rotatable bonds is 6. The third kappa shape index (κ3) is 4.50. The number of hydrogen-bond acceptors (Lipinski definition) is 6. The average molecular weight is 278 g/mol. The van der Waals surface area contributed by atoms with Crippen molar-refractivity contribution in [2.75, 3.05) is 32.5 Å². The van der Waals surface area contributed by atoms with Crippen LogP contribution < -0.4 is 5.32 Å². The van der Waals surface area contributed by atoms with Gasteiger partial charge in [-0.05, 0) is 33.2 Å². The first kappa shape index (κ1) is 15.9. The Kier molecular flexibility index (Phi) is 5.02. The molecule has 7 nitrogen and oxygen atoms in total. The van der Waals surface area contributed by atoms with Crippen molar-refractivity contribution >= 4 is 11.4 Å². The van der Waals surface area contributed by atoms with Crippen molar-refractivity contribution in [2.24, 2.45) is 0 Å². The minimum Gasteiger partial charge on any atom is -0.387 e. The van der Waals surface area contributed by atoms with E-state index in [2.05, 4.69) is 5.32 Å². The molecule has 1 rings (SSSR count). The first-order chi connectivity index (χ1) is 9.25. The van der Waals surface area contributed by atoms with Crippen LogP contribution in [0.25, 0.3) is 0 Å². The first-order valence-corrected chi connectivity index (χ1v) is 6.05. The first-order valence-electron chi connectivity index (χ1n) is 6.05. The molecule has 108 valence electrons. The molecule has 0 aliphatic carbocycles. The van der Waals surface area contributed by atoms with E-state index in [1.165, 1.54) is 18.2 Å². The Labute approximate surface area is 117 Å². The number of benzene rings is 1. The Morgan fingerprint density at radius 2 is 2.20 bits per heavy atom. The molecule has 7 heteroatoms. The maximum absolute atomic E-state index is 11.0. The normalized spacial score (nSPS) is 13.6. The fraction of sp³-hybridized carbons (Fsp3) is 0.462. The number of likely N-dealkylation sites (N-methyl/N-ethyl adjacent to an activating group) is 1. The highest BCUT2D eigenvalue weighted by Gasteiger charge is 2.23. The molecule has 1 unspecified atom stereocenters. The zero-order chi connectivity index (χ0) is 15.3. The van der Waals surface area contributed by atoms with E-state index in [-0.39, 0.29) is 23.5 Å². The summed E-state index contributed by atoms with van der Waals surface area (Å²) in [4.78, 5) is 12.3. The van der Waals surface area contributed by atoms with Crippen molar-refractivity contribution in [1.29, 1.82) is 5.26 Å². The maximum atomic E-state index is 11.0. The Morgan fingerprint density at radius 3 is 2.70 bits per heavy atom. The van der Waals surface area contributed by atoms with Gasteiger partial charge in [-0.25, -0.2) is 0 Å². The van der Waals surface area contributed by atoms with Gasteiger partial charge in [0.15, 0.2) is 0 Å². The van der Waals surface area contributed by atoms with Gasteiger partial charge in [0.2, 0.25) is 0 Å². The molecule has 0 fully saturated rings. The summed E-state index contributed by atoms with van der Waals surface area (Å²) in [6, 6.07) is 6.04. The highest BCUT2D eigenvalue weighted by Crippen LogP contribution is 2.25. The van der Waals surface area contributed by atoms with Crippen molar-refractivity contribution in [2.45, 2.75) is 12.5 Å². The number of nitro groups is 1. The van der Waals surface area contributed by atoms with Gasteiger partial charge in [0.1, 0.15) is 5.69 Å². The number of anilines is 1. The molecule has 0 aliphatic heterocycles. The lowest BCUT2D eigenvalue weighted by atomic mass is 10.1. The van der Waals surface area contributed by atoms with Gasteiger partial charge < -0.3 is 15.3 Å². The molecule has 0 saturated heterocycles. The zero-order valence-corrected chi connectivity index (χ0v) is 11.8. The standard InChI is InChI=1S/C13H18N4O3/c1-13(18,9-16(2)3)8-15-11-5-4-10(7-14)6-12(11)17(19)20/h4-6,15,18H,8-9H2,1-3H3. The fourth-order valence-corrected chi connectivity index (χ4v) is 1.92. The van der Waals surface area contributed by atoms with Crippen LogP contribution in [0.2, 0.25) is 0 Å². The average Bonchev–Trinajstić information content (AvgIpc) is 2.34. The molecular weight excluding hydrogens is 260 g/mol. The lowest BCUT2D eigenvalue weighted by Gasteiger charge is -2.27. The second-order valence-corrected chi connectivity index (χ2v) is 5.19. The molecule has 1 aromatic rings. The third-order valence-corrected chi connectivity index (χ3v) is 2.64. The zero-order valence-electron chi connectivity index (χ0n) is 11.8. The number of hydrogen-bond donors (Lipinski definition) is 2. The van der Waals surface area contributed by atoms with Gasteiger partial charge in [0.25, 0.3) is 5.69 Å². The lowest BCUT2D eigenvalue weighted by Crippen LogP contribution is -2.43. The minimum atomic E-state index is -1.02. The number of nitrogens with one attached hydrogen (secondary N) is 1. The van der Waals surface area contributed by atoms with E-state index in [1.54, 1.807) is 6.92 Å². The van der Waals surface area contributed by atoms with Gasteiger partial charge in [0.05, 0.1) is 22.2 Å². The molecule has 0 amide bonds. The topological polar surface area (TPSA) is 102 Å². The van der Waals surface area contributed by atoms with E-state index in [4.69, 9.17) is 5.26 Å². The predicted molar refractivity (Wildman–Crippen MR) is 75.5 cm³/mol. The van der Waals surface area contributed by atoms with Crippen LogP contribution in [0.1, 0.15) is 12.5 Å². The predicted octanol–water partition coefficient (Wildman–Crippen LogP) is 1.19. The van der Waals surface area contributed by atoms with Crippen molar-refractivity contribution in [3.8, 4) is 6.07 Å². The van der Waals surface area contributed by atoms with Gasteiger partial charge in [-0.1, -0.05) is 0 Å². The van der Waals surface area contributed by atoms with E-state index in [0.717, 1.165) is 0 Å². The van der Waals surface area contributed by atoms with E-state index in [1.807, 2.05) is 25.1 Å². The summed E-state index contributed by atoms with van der Waals surface area (Å²) in [6.45, 7) is 2.23. The minimum absolute atomic E-state index is 0.165. The number of aliphatic hydroxyl groups is 1. The SMILES string of the molecule is CN(C)CC(C)(O)CNc1ccc(C#N)cc1[N+](=O)[O-]. The molecule has 0 aliphatic rings. The second kappa shape index (κ2) is 6.32. The Bertz CT molecular complexity index is 535. The summed E-state index contributed by atoms with van der Waals surface area (Å²) in [5, 5.41) is 32.7.